The van der Waals surface area contributed by atoms with Crippen LogP contribution in [-0.2, 0) is 0 Å². The van der Waals surface area contributed by atoms with Gasteiger partial charge in [-0.25, -0.2) is 0 Å². The third-order valence-corrected chi connectivity index (χ3v) is 3.17. The predicted octanol–water partition coefficient (Wildman–Crippen LogP) is 3.12. The zero-order valence-corrected chi connectivity index (χ0v) is 12.2. The van der Waals surface area contributed by atoms with Crippen LogP contribution >= 0.6 is 12.2 Å². The number of aryl methyl sites for hydroxylation is 1. The van der Waals surface area contributed by atoms with Gasteiger partial charge in [0.25, 0.3) is 0 Å². The van der Waals surface area contributed by atoms with E-state index in [0.717, 1.165) is 22.6 Å². The zero-order valence-electron chi connectivity index (χ0n) is 11.4. The third kappa shape index (κ3) is 3.71. The van der Waals surface area contributed by atoms with Gasteiger partial charge in [0.1, 0.15) is 17.3 Å². The number of ether oxygens (including phenoxy) is 1. The molecule has 0 aliphatic rings. The van der Waals surface area contributed by atoms with Crippen molar-refractivity contribution in [3.05, 3.63) is 59.7 Å². The van der Waals surface area contributed by atoms with Crippen molar-refractivity contribution in [3.63, 3.8) is 0 Å². The maximum absolute atomic E-state index is 5.74. The van der Waals surface area contributed by atoms with Crippen LogP contribution in [0.3, 0.4) is 0 Å². The molecule has 0 aliphatic carbocycles. The molecule has 0 spiro atoms. The topological polar surface area (TPSA) is 47.3 Å². The first-order valence-electron chi connectivity index (χ1n) is 6.49. The summed E-state index contributed by atoms with van der Waals surface area (Å²) in [5, 5.41) is 3.34. The van der Waals surface area contributed by atoms with Crippen LogP contribution in [-0.4, -0.2) is 18.1 Å². The minimum atomic E-state index is 0.403. The number of nitrogens with two attached hydrogens (primary N) is 1. The lowest BCUT2D eigenvalue weighted by Gasteiger charge is -2.14. The molecule has 2 rings (SSSR count). The Kier molecular flexibility index (Phi) is 4.96. The molecule has 0 aromatic heterocycles. The summed E-state index contributed by atoms with van der Waals surface area (Å²) in [7, 11) is 0. The van der Waals surface area contributed by atoms with E-state index in [1.807, 2.05) is 55.5 Å². The number of hydrogen-bond donors (Lipinski definition) is 2. The van der Waals surface area contributed by atoms with Gasteiger partial charge >= 0.3 is 0 Å². The summed E-state index contributed by atoms with van der Waals surface area (Å²) in [6.07, 6.45) is 0. The van der Waals surface area contributed by atoms with E-state index in [9.17, 15) is 0 Å². The summed E-state index contributed by atoms with van der Waals surface area (Å²) in [5.74, 6) is 0.869. The van der Waals surface area contributed by atoms with Crippen molar-refractivity contribution >= 4 is 22.9 Å². The second-order valence-electron chi connectivity index (χ2n) is 4.45. The molecule has 0 saturated heterocycles. The lowest BCUT2D eigenvalue weighted by Crippen LogP contribution is -2.17. The van der Waals surface area contributed by atoms with Gasteiger partial charge in [-0.1, -0.05) is 42.5 Å². The molecule has 0 radical (unpaired) electrons. The molecule has 4 heteroatoms. The van der Waals surface area contributed by atoms with Crippen LogP contribution in [0.5, 0.6) is 5.75 Å². The molecule has 20 heavy (non-hydrogen) atoms. The number of benzene rings is 2. The average Bonchev–Trinajstić information content (AvgIpc) is 2.45. The Balaban J connectivity index is 1.93. The minimum Gasteiger partial charge on any atom is -0.492 e. The highest BCUT2D eigenvalue weighted by molar-refractivity contribution is 7.80. The number of rotatable bonds is 6. The lowest BCUT2D eigenvalue weighted by molar-refractivity contribution is 0.333. The van der Waals surface area contributed by atoms with Gasteiger partial charge in [-0.05, 0) is 30.7 Å². The second kappa shape index (κ2) is 6.91. The van der Waals surface area contributed by atoms with Crippen LogP contribution in [0.2, 0.25) is 0 Å². The van der Waals surface area contributed by atoms with E-state index in [-0.39, 0.29) is 0 Å². The van der Waals surface area contributed by atoms with Crippen molar-refractivity contribution in [1.29, 1.82) is 0 Å². The number of thiocarbonyl (C=S) groups is 1. The first kappa shape index (κ1) is 14.3. The third-order valence-electron chi connectivity index (χ3n) is 2.95. The van der Waals surface area contributed by atoms with Gasteiger partial charge in [0.15, 0.2) is 0 Å². The smallest absolute Gasteiger partial charge is 0.119 e. The fourth-order valence-electron chi connectivity index (χ4n) is 1.97. The molecule has 0 bridgehead atoms. The van der Waals surface area contributed by atoms with Crippen LogP contribution in [0.1, 0.15) is 11.1 Å². The van der Waals surface area contributed by atoms with Crippen LogP contribution in [0.25, 0.3) is 0 Å². The fourth-order valence-corrected chi connectivity index (χ4v) is 2.14. The Morgan fingerprint density at radius 2 is 1.90 bits per heavy atom. The predicted molar refractivity (Wildman–Crippen MR) is 87.5 cm³/mol. The van der Waals surface area contributed by atoms with Crippen molar-refractivity contribution in [2.75, 3.05) is 18.5 Å². The average molecular weight is 286 g/mol. The number of para-hydroxylation sites is 2. The van der Waals surface area contributed by atoms with Crippen molar-refractivity contribution in [2.45, 2.75) is 6.92 Å². The van der Waals surface area contributed by atoms with Gasteiger partial charge in [0.2, 0.25) is 0 Å². The SMILES string of the molecule is Cc1cccc(C(N)=S)c1NCCOc1ccccc1. The van der Waals surface area contributed by atoms with E-state index < -0.39 is 0 Å². The molecule has 0 aliphatic heterocycles. The van der Waals surface area contributed by atoms with Gasteiger partial charge in [0.05, 0.1) is 0 Å². The summed E-state index contributed by atoms with van der Waals surface area (Å²) >= 11 is 5.07. The van der Waals surface area contributed by atoms with Gasteiger partial charge < -0.3 is 15.8 Å². The minimum absolute atomic E-state index is 0.403. The van der Waals surface area contributed by atoms with Crippen molar-refractivity contribution in [1.82, 2.24) is 0 Å². The normalized spacial score (nSPS) is 10.1. The first-order chi connectivity index (χ1) is 9.68. The van der Waals surface area contributed by atoms with Crippen LogP contribution < -0.4 is 15.8 Å². The molecular weight excluding hydrogens is 268 g/mol. The molecular formula is C16H18N2OS. The first-order valence-corrected chi connectivity index (χ1v) is 6.90. The van der Waals surface area contributed by atoms with E-state index in [1.165, 1.54) is 0 Å². The maximum atomic E-state index is 5.74. The molecule has 0 amide bonds. The van der Waals surface area contributed by atoms with Gasteiger partial charge in [0, 0.05) is 17.8 Å². The summed E-state index contributed by atoms with van der Waals surface area (Å²) < 4.78 is 5.64. The van der Waals surface area contributed by atoms with E-state index in [0.29, 0.717) is 18.1 Å². The Hall–Kier alpha value is -2.07. The standard InChI is InChI=1S/C16H18N2OS/c1-12-6-5-9-14(16(17)20)15(12)18-10-11-19-13-7-3-2-4-8-13/h2-9,18H,10-11H2,1H3,(H2,17,20). The van der Waals surface area contributed by atoms with Crippen LogP contribution in [0.4, 0.5) is 5.69 Å². The summed E-state index contributed by atoms with van der Waals surface area (Å²) in [6.45, 7) is 3.30. The Labute approximate surface area is 124 Å². The molecule has 3 N–H and O–H groups in total. The molecule has 0 unspecified atom stereocenters. The quantitative estimate of drug-likeness (QED) is 0.633. The highest BCUT2D eigenvalue weighted by Gasteiger charge is 2.07. The van der Waals surface area contributed by atoms with E-state index in [4.69, 9.17) is 22.7 Å². The van der Waals surface area contributed by atoms with Gasteiger partial charge in [-0.2, -0.15) is 0 Å². The van der Waals surface area contributed by atoms with E-state index in [1.54, 1.807) is 0 Å². The molecule has 104 valence electrons. The highest BCUT2D eigenvalue weighted by atomic mass is 32.1. The van der Waals surface area contributed by atoms with E-state index >= 15 is 0 Å². The Morgan fingerprint density at radius 1 is 1.15 bits per heavy atom. The van der Waals surface area contributed by atoms with Crippen molar-refractivity contribution < 1.29 is 4.74 Å². The molecule has 3 nitrogen and oxygen atoms in total. The largest absolute Gasteiger partial charge is 0.492 e. The van der Waals surface area contributed by atoms with Crippen LogP contribution in [0.15, 0.2) is 48.5 Å². The number of anilines is 1. The molecule has 0 fully saturated rings. The Morgan fingerprint density at radius 3 is 2.60 bits per heavy atom. The highest BCUT2D eigenvalue weighted by Crippen LogP contribution is 2.20. The summed E-state index contributed by atoms with van der Waals surface area (Å²) in [6, 6.07) is 15.7. The van der Waals surface area contributed by atoms with E-state index in [2.05, 4.69) is 5.32 Å². The summed E-state index contributed by atoms with van der Waals surface area (Å²) in [5.41, 5.74) is 8.72. The lowest BCUT2D eigenvalue weighted by atomic mass is 10.1. The number of hydrogen-bond acceptors (Lipinski definition) is 3. The molecule has 2 aromatic rings. The van der Waals surface area contributed by atoms with Crippen LogP contribution in [0, 0.1) is 6.92 Å². The fraction of sp³-hybridized carbons (Fsp3) is 0.188. The van der Waals surface area contributed by atoms with Gasteiger partial charge in [-0.15, -0.1) is 0 Å². The molecule has 2 aromatic carbocycles. The van der Waals surface area contributed by atoms with Crippen molar-refractivity contribution in [3.8, 4) is 5.75 Å². The Bertz CT molecular complexity index is 584. The van der Waals surface area contributed by atoms with Crippen molar-refractivity contribution in [2.24, 2.45) is 5.73 Å². The maximum Gasteiger partial charge on any atom is 0.119 e. The molecule has 0 saturated carbocycles. The summed E-state index contributed by atoms with van der Waals surface area (Å²) in [4.78, 5) is 0.403. The number of nitrogens with one attached hydrogen (secondary N) is 1. The monoisotopic (exact) mass is 286 g/mol. The van der Waals surface area contributed by atoms with Gasteiger partial charge in [-0.3, -0.25) is 0 Å². The second-order valence-corrected chi connectivity index (χ2v) is 4.89. The zero-order chi connectivity index (χ0) is 14.4. The molecule has 0 heterocycles. The molecule has 0 atom stereocenters.